The van der Waals surface area contributed by atoms with Crippen molar-refractivity contribution in [3.8, 4) is 17.6 Å². The summed E-state index contributed by atoms with van der Waals surface area (Å²) in [6.07, 6.45) is 1.61. The van der Waals surface area contributed by atoms with Crippen molar-refractivity contribution in [3.63, 3.8) is 0 Å². The van der Waals surface area contributed by atoms with E-state index in [0.29, 0.717) is 5.69 Å². The Bertz CT molecular complexity index is 1020. The van der Waals surface area contributed by atoms with Crippen LogP contribution in [0.1, 0.15) is 5.69 Å². The number of para-hydroxylation sites is 2. The Kier molecular flexibility index (Phi) is 5.57. The lowest BCUT2D eigenvalue weighted by atomic mass is 10.2. The molecule has 0 spiro atoms. The fraction of sp³-hybridized carbons (Fsp3) is 0.211. The minimum absolute atomic E-state index is 0.0312. The second-order valence-electron chi connectivity index (χ2n) is 5.62. The van der Waals surface area contributed by atoms with Gasteiger partial charge >= 0.3 is 0 Å². The summed E-state index contributed by atoms with van der Waals surface area (Å²) in [5.74, 6) is -0.566. The van der Waals surface area contributed by atoms with E-state index >= 15 is 0 Å². The highest BCUT2D eigenvalue weighted by molar-refractivity contribution is 6.33. The van der Waals surface area contributed by atoms with Crippen molar-refractivity contribution in [2.45, 2.75) is 6.54 Å². The molecule has 138 valence electrons. The average Bonchev–Trinajstić information content (AvgIpc) is 2.68. The number of methoxy groups -OCH3 is 2. The second kappa shape index (κ2) is 8.06. The van der Waals surface area contributed by atoms with Gasteiger partial charge in [-0.2, -0.15) is 5.26 Å². The normalized spacial score (nSPS) is 10.5. The zero-order valence-electron chi connectivity index (χ0n) is 14.7. The van der Waals surface area contributed by atoms with Crippen molar-refractivity contribution < 1.29 is 13.9 Å². The van der Waals surface area contributed by atoms with Crippen molar-refractivity contribution >= 4 is 28.3 Å². The third-order valence-corrected chi connectivity index (χ3v) is 4.34. The quantitative estimate of drug-likeness (QED) is 0.597. The summed E-state index contributed by atoms with van der Waals surface area (Å²) in [6.45, 7) is 0.107. The SMILES string of the molecule is COc1cc(N(CC#N)Cc2cnc3ccccc3n2)c(F)c(OC)c1Cl. The molecule has 0 amide bonds. The minimum atomic E-state index is -0.674. The van der Waals surface area contributed by atoms with Crippen LogP contribution in [0.15, 0.2) is 36.5 Å². The number of rotatable bonds is 6. The Labute approximate surface area is 160 Å². The number of hydrogen-bond donors (Lipinski definition) is 0. The first-order valence-corrected chi connectivity index (χ1v) is 8.39. The predicted octanol–water partition coefficient (Wildman–Crippen LogP) is 3.97. The highest BCUT2D eigenvalue weighted by Crippen LogP contribution is 2.41. The summed E-state index contributed by atoms with van der Waals surface area (Å²) in [5.41, 5.74) is 2.20. The summed E-state index contributed by atoms with van der Waals surface area (Å²) < 4.78 is 25.2. The van der Waals surface area contributed by atoms with Crippen LogP contribution in [0.25, 0.3) is 11.0 Å². The van der Waals surface area contributed by atoms with Crippen molar-refractivity contribution in [3.05, 3.63) is 53.1 Å². The van der Waals surface area contributed by atoms with E-state index in [4.69, 9.17) is 21.1 Å². The number of hydrogen-bond acceptors (Lipinski definition) is 6. The molecule has 0 radical (unpaired) electrons. The van der Waals surface area contributed by atoms with Gasteiger partial charge in [0, 0.05) is 6.07 Å². The monoisotopic (exact) mass is 386 g/mol. The predicted molar refractivity (Wildman–Crippen MR) is 101 cm³/mol. The van der Waals surface area contributed by atoms with E-state index in [9.17, 15) is 9.65 Å². The Balaban J connectivity index is 2.03. The maximum Gasteiger partial charge on any atom is 0.190 e. The van der Waals surface area contributed by atoms with Gasteiger partial charge in [-0.3, -0.25) is 4.98 Å². The number of anilines is 1. The Morgan fingerprint density at radius 2 is 1.96 bits per heavy atom. The number of nitriles is 1. The first-order chi connectivity index (χ1) is 13.1. The van der Waals surface area contributed by atoms with Crippen LogP contribution in [0.3, 0.4) is 0 Å². The molecule has 27 heavy (non-hydrogen) atoms. The van der Waals surface area contributed by atoms with Gasteiger partial charge in [-0.05, 0) is 12.1 Å². The molecule has 0 aliphatic heterocycles. The lowest BCUT2D eigenvalue weighted by Crippen LogP contribution is -2.25. The topological polar surface area (TPSA) is 71.3 Å². The Hall–Kier alpha value is -3.11. The zero-order chi connectivity index (χ0) is 19.4. The number of aromatic nitrogens is 2. The van der Waals surface area contributed by atoms with E-state index in [1.54, 1.807) is 6.20 Å². The number of benzene rings is 2. The van der Waals surface area contributed by atoms with E-state index in [-0.39, 0.29) is 35.3 Å². The van der Waals surface area contributed by atoms with E-state index in [2.05, 4.69) is 9.97 Å². The molecule has 6 nitrogen and oxygen atoms in total. The fourth-order valence-corrected chi connectivity index (χ4v) is 3.00. The number of fused-ring (bicyclic) bond motifs is 1. The van der Waals surface area contributed by atoms with Crippen LogP contribution in [0.2, 0.25) is 5.02 Å². The Morgan fingerprint density at radius 1 is 1.22 bits per heavy atom. The fourth-order valence-electron chi connectivity index (χ4n) is 2.71. The Morgan fingerprint density at radius 3 is 2.63 bits per heavy atom. The molecule has 2 aromatic carbocycles. The molecule has 3 aromatic rings. The van der Waals surface area contributed by atoms with E-state index in [1.807, 2.05) is 30.3 Å². The van der Waals surface area contributed by atoms with Crippen LogP contribution in [-0.2, 0) is 6.54 Å². The van der Waals surface area contributed by atoms with Gasteiger partial charge in [0.1, 0.15) is 17.3 Å². The third-order valence-electron chi connectivity index (χ3n) is 3.99. The summed E-state index contributed by atoms with van der Waals surface area (Å²) in [6, 6.07) is 10.9. The lowest BCUT2D eigenvalue weighted by molar-refractivity contribution is 0.374. The van der Waals surface area contributed by atoms with Crippen LogP contribution < -0.4 is 14.4 Å². The molecule has 0 bridgehead atoms. The summed E-state index contributed by atoms with van der Waals surface area (Å²) in [5, 5.41) is 9.24. The molecule has 0 N–H and O–H groups in total. The molecule has 8 heteroatoms. The molecule has 1 aromatic heterocycles. The van der Waals surface area contributed by atoms with Crippen molar-refractivity contribution in [2.75, 3.05) is 25.7 Å². The molecule has 0 atom stereocenters. The average molecular weight is 387 g/mol. The van der Waals surface area contributed by atoms with Gasteiger partial charge in [0.15, 0.2) is 11.6 Å². The molecule has 0 aliphatic rings. The second-order valence-corrected chi connectivity index (χ2v) is 6.00. The van der Waals surface area contributed by atoms with Gasteiger partial charge in [0.25, 0.3) is 0 Å². The molecule has 3 rings (SSSR count). The smallest absolute Gasteiger partial charge is 0.190 e. The van der Waals surface area contributed by atoms with Gasteiger partial charge in [-0.25, -0.2) is 9.37 Å². The van der Waals surface area contributed by atoms with Crippen LogP contribution in [0.5, 0.6) is 11.5 Å². The van der Waals surface area contributed by atoms with Gasteiger partial charge in [0.2, 0.25) is 0 Å². The van der Waals surface area contributed by atoms with Crippen LogP contribution in [-0.4, -0.2) is 30.7 Å². The number of nitrogens with zero attached hydrogens (tertiary/aromatic N) is 4. The number of halogens is 2. The van der Waals surface area contributed by atoms with Crippen molar-refractivity contribution in [1.82, 2.24) is 9.97 Å². The van der Waals surface area contributed by atoms with Crippen LogP contribution in [0, 0.1) is 17.1 Å². The van der Waals surface area contributed by atoms with Crippen LogP contribution >= 0.6 is 11.6 Å². The maximum absolute atomic E-state index is 14.9. The van der Waals surface area contributed by atoms with Gasteiger partial charge in [-0.15, -0.1) is 0 Å². The molecule has 1 heterocycles. The summed E-state index contributed by atoms with van der Waals surface area (Å²) >= 11 is 6.10. The zero-order valence-corrected chi connectivity index (χ0v) is 15.5. The molecular weight excluding hydrogens is 371 g/mol. The highest BCUT2D eigenvalue weighted by Gasteiger charge is 2.23. The molecule has 0 aliphatic carbocycles. The molecule has 0 saturated heterocycles. The van der Waals surface area contributed by atoms with Gasteiger partial charge in [0.05, 0.1) is 55.4 Å². The summed E-state index contributed by atoms with van der Waals surface area (Å²) in [4.78, 5) is 10.4. The standard InChI is InChI=1S/C19H16ClFN4O2/c1-26-16-9-15(18(21)19(27-2)17(16)20)25(8-7-22)11-12-10-23-13-5-3-4-6-14(13)24-12/h3-6,9-10H,8,11H2,1-2H3. The molecule has 0 fully saturated rings. The van der Waals surface area contributed by atoms with Gasteiger partial charge in [-0.1, -0.05) is 23.7 Å². The van der Waals surface area contributed by atoms with E-state index in [0.717, 1.165) is 11.0 Å². The first kappa shape index (κ1) is 18.7. The maximum atomic E-state index is 14.9. The molecular formula is C19H16ClFN4O2. The lowest BCUT2D eigenvalue weighted by Gasteiger charge is -2.24. The highest BCUT2D eigenvalue weighted by atomic mass is 35.5. The summed E-state index contributed by atoms with van der Waals surface area (Å²) in [7, 11) is 2.74. The van der Waals surface area contributed by atoms with Crippen molar-refractivity contribution in [1.29, 1.82) is 5.26 Å². The number of ether oxygens (including phenoxy) is 2. The van der Waals surface area contributed by atoms with E-state index in [1.165, 1.54) is 25.2 Å². The van der Waals surface area contributed by atoms with E-state index < -0.39 is 5.82 Å². The third kappa shape index (κ3) is 3.71. The molecule has 0 unspecified atom stereocenters. The largest absolute Gasteiger partial charge is 0.495 e. The minimum Gasteiger partial charge on any atom is -0.495 e. The first-order valence-electron chi connectivity index (χ1n) is 8.01. The van der Waals surface area contributed by atoms with Crippen molar-refractivity contribution in [2.24, 2.45) is 0 Å². The molecule has 0 saturated carbocycles. The van der Waals surface area contributed by atoms with Crippen LogP contribution in [0.4, 0.5) is 10.1 Å². The van der Waals surface area contributed by atoms with Gasteiger partial charge < -0.3 is 14.4 Å².